The molecule has 0 aromatic carbocycles. The average molecular weight is 154 g/mol. The summed E-state index contributed by atoms with van der Waals surface area (Å²) in [5, 5.41) is 8.04. The Kier molecular flexibility index (Phi) is 9.53. The standard InChI is InChI=1S/C5H10O2.Cr/c1-2-3-4-5(6)7;/h2-4H2,1H3,(H,6,7);. The molecule has 1 N–H and O–H groups in total. The van der Waals surface area contributed by atoms with E-state index in [0.29, 0.717) is 6.42 Å². The minimum absolute atomic E-state index is 0. The smallest absolute Gasteiger partial charge is 0.303 e. The van der Waals surface area contributed by atoms with Crippen molar-refractivity contribution in [2.24, 2.45) is 0 Å². The van der Waals surface area contributed by atoms with Crippen LogP contribution in [-0.4, -0.2) is 11.1 Å². The van der Waals surface area contributed by atoms with Crippen LogP contribution in [0.5, 0.6) is 0 Å². The molecule has 0 aromatic rings. The van der Waals surface area contributed by atoms with E-state index in [0.717, 1.165) is 12.8 Å². The maximum Gasteiger partial charge on any atom is 0.303 e. The van der Waals surface area contributed by atoms with Crippen molar-refractivity contribution < 1.29 is 27.3 Å². The van der Waals surface area contributed by atoms with Crippen LogP contribution in [-0.2, 0) is 22.2 Å². The maximum absolute atomic E-state index is 9.76. The van der Waals surface area contributed by atoms with Gasteiger partial charge in [-0.15, -0.1) is 0 Å². The fourth-order valence-electron chi connectivity index (χ4n) is 0.328. The Bertz CT molecular complexity index is 63.4. The van der Waals surface area contributed by atoms with Crippen LogP contribution >= 0.6 is 0 Å². The van der Waals surface area contributed by atoms with Gasteiger partial charge >= 0.3 is 5.97 Å². The van der Waals surface area contributed by atoms with Crippen molar-refractivity contribution in [1.82, 2.24) is 0 Å². The number of hydrogen-bond acceptors (Lipinski definition) is 1. The Balaban J connectivity index is 0. The second-order valence-electron chi connectivity index (χ2n) is 1.50. The van der Waals surface area contributed by atoms with Crippen molar-refractivity contribution in [2.45, 2.75) is 26.2 Å². The average Bonchev–Trinajstić information content (AvgIpc) is 1.61. The molecule has 0 saturated carbocycles. The van der Waals surface area contributed by atoms with Crippen molar-refractivity contribution in [1.29, 1.82) is 0 Å². The molecule has 0 radical (unpaired) electrons. The number of carbonyl (C=O) groups is 1. The number of unbranched alkanes of at least 4 members (excludes halogenated alkanes) is 1. The fraction of sp³-hybridized carbons (Fsp3) is 0.800. The maximum atomic E-state index is 9.76. The first-order valence-electron chi connectivity index (χ1n) is 2.49. The van der Waals surface area contributed by atoms with Crippen molar-refractivity contribution in [3.8, 4) is 0 Å². The fourth-order valence-corrected chi connectivity index (χ4v) is 0.328. The van der Waals surface area contributed by atoms with Gasteiger partial charge in [0.05, 0.1) is 0 Å². The van der Waals surface area contributed by atoms with Crippen LogP contribution in [0.4, 0.5) is 0 Å². The van der Waals surface area contributed by atoms with E-state index in [4.69, 9.17) is 5.11 Å². The number of carboxylic acids is 1. The zero-order valence-corrected chi connectivity index (χ0v) is 6.16. The number of rotatable bonds is 3. The summed E-state index contributed by atoms with van der Waals surface area (Å²) in [6.45, 7) is 1.98. The molecule has 0 fully saturated rings. The Morgan fingerprint density at radius 2 is 2.12 bits per heavy atom. The van der Waals surface area contributed by atoms with Crippen LogP contribution in [0.2, 0.25) is 0 Å². The third-order valence-corrected chi connectivity index (χ3v) is 0.744. The van der Waals surface area contributed by atoms with Crippen molar-refractivity contribution >= 4 is 5.97 Å². The van der Waals surface area contributed by atoms with Gasteiger partial charge in [0.25, 0.3) is 0 Å². The molecule has 0 spiro atoms. The zero-order chi connectivity index (χ0) is 5.70. The second-order valence-corrected chi connectivity index (χ2v) is 1.50. The van der Waals surface area contributed by atoms with E-state index < -0.39 is 5.97 Å². The minimum atomic E-state index is -0.693. The van der Waals surface area contributed by atoms with Crippen LogP contribution in [0.1, 0.15) is 26.2 Å². The van der Waals surface area contributed by atoms with Crippen molar-refractivity contribution in [2.75, 3.05) is 0 Å². The van der Waals surface area contributed by atoms with Gasteiger partial charge in [0.2, 0.25) is 0 Å². The SMILES string of the molecule is CCCCC(=O)O.[Cr]. The molecule has 3 heteroatoms. The number of carboxylic acid groups (broad SMARTS) is 1. The van der Waals surface area contributed by atoms with E-state index >= 15 is 0 Å². The second kappa shape index (κ2) is 7.00. The predicted molar refractivity (Wildman–Crippen MR) is 27.2 cm³/mol. The van der Waals surface area contributed by atoms with Gasteiger partial charge in [-0.1, -0.05) is 13.3 Å². The van der Waals surface area contributed by atoms with Gasteiger partial charge in [-0.2, -0.15) is 0 Å². The predicted octanol–water partition coefficient (Wildman–Crippen LogP) is 1.26. The van der Waals surface area contributed by atoms with Crippen LogP contribution in [0.3, 0.4) is 0 Å². The molecular formula is C5H10CrO2. The van der Waals surface area contributed by atoms with Crippen LogP contribution in [0, 0.1) is 0 Å². The van der Waals surface area contributed by atoms with Gasteiger partial charge in [0.15, 0.2) is 0 Å². The first-order valence-corrected chi connectivity index (χ1v) is 2.49. The summed E-state index contributed by atoms with van der Waals surface area (Å²) in [6.07, 6.45) is 2.08. The van der Waals surface area contributed by atoms with E-state index in [2.05, 4.69) is 0 Å². The molecule has 0 heterocycles. The molecule has 0 unspecified atom stereocenters. The molecule has 0 amide bonds. The molecule has 0 saturated heterocycles. The molecule has 2 nitrogen and oxygen atoms in total. The summed E-state index contributed by atoms with van der Waals surface area (Å²) < 4.78 is 0. The van der Waals surface area contributed by atoms with Gasteiger partial charge < -0.3 is 5.11 Å². The summed E-state index contributed by atoms with van der Waals surface area (Å²) in [4.78, 5) is 9.76. The van der Waals surface area contributed by atoms with Gasteiger partial charge in [-0.05, 0) is 6.42 Å². The molecule has 0 rings (SSSR count). The van der Waals surface area contributed by atoms with E-state index in [1.165, 1.54) is 0 Å². The zero-order valence-electron chi connectivity index (χ0n) is 4.89. The molecule has 0 aliphatic heterocycles. The Hall–Kier alpha value is 0.00247. The summed E-state index contributed by atoms with van der Waals surface area (Å²) in [5.74, 6) is -0.693. The van der Waals surface area contributed by atoms with Crippen molar-refractivity contribution in [3.05, 3.63) is 0 Å². The normalized spacial score (nSPS) is 7.62. The van der Waals surface area contributed by atoms with Gasteiger partial charge in [-0.25, -0.2) is 0 Å². The van der Waals surface area contributed by atoms with E-state index in [-0.39, 0.29) is 17.4 Å². The third kappa shape index (κ3) is 9.38. The van der Waals surface area contributed by atoms with Gasteiger partial charge in [0.1, 0.15) is 0 Å². The summed E-state index contributed by atoms with van der Waals surface area (Å²) in [5.41, 5.74) is 0. The number of hydrogen-bond donors (Lipinski definition) is 1. The quantitative estimate of drug-likeness (QED) is 0.664. The molecule has 0 aliphatic carbocycles. The molecule has 0 atom stereocenters. The molecule has 0 aliphatic rings. The summed E-state index contributed by atoms with van der Waals surface area (Å²) >= 11 is 0. The largest absolute Gasteiger partial charge is 0.481 e. The topological polar surface area (TPSA) is 37.3 Å². The first-order chi connectivity index (χ1) is 3.27. The molecule has 8 heavy (non-hydrogen) atoms. The molecule has 48 valence electrons. The Morgan fingerprint density at radius 1 is 1.62 bits per heavy atom. The van der Waals surface area contributed by atoms with E-state index in [1.807, 2.05) is 6.92 Å². The molecule has 0 aromatic heterocycles. The Labute approximate surface area is 60.0 Å². The first kappa shape index (κ1) is 10.9. The van der Waals surface area contributed by atoms with Crippen molar-refractivity contribution in [3.63, 3.8) is 0 Å². The van der Waals surface area contributed by atoms with Gasteiger partial charge in [-0.3, -0.25) is 4.79 Å². The molecular weight excluding hydrogens is 144 g/mol. The Morgan fingerprint density at radius 3 is 2.25 bits per heavy atom. The van der Waals surface area contributed by atoms with Gasteiger partial charge in [0, 0.05) is 23.8 Å². The van der Waals surface area contributed by atoms with Crippen LogP contribution in [0.15, 0.2) is 0 Å². The monoisotopic (exact) mass is 154 g/mol. The van der Waals surface area contributed by atoms with Crippen LogP contribution < -0.4 is 0 Å². The van der Waals surface area contributed by atoms with E-state index in [9.17, 15) is 4.79 Å². The minimum Gasteiger partial charge on any atom is -0.481 e. The third-order valence-electron chi connectivity index (χ3n) is 0.744. The van der Waals surface area contributed by atoms with Crippen LogP contribution in [0.25, 0.3) is 0 Å². The van der Waals surface area contributed by atoms with E-state index in [1.54, 1.807) is 0 Å². The summed E-state index contributed by atoms with van der Waals surface area (Å²) in [6, 6.07) is 0. The molecule has 0 bridgehead atoms. The number of aliphatic carboxylic acids is 1. The summed E-state index contributed by atoms with van der Waals surface area (Å²) in [7, 11) is 0.